The smallest absolute Gasteiger partial charge is 0.191 e. The van der Waals surface area contributed by atoms with Crippen LogP contribution >= 0.6 is 24.0 Å². The molecule has 0 aromatic heterocycles. The summed E-state index contributed by atoms with van der Waals surface area (Å²) in [5.41, 5.74) is 2.58. The second-order valence-corrected chi connectivity index (χ2v) is 7.19. The van der Waals surface area contributed by atoms with E-state index in [0.29, 0.717) is 0 Å². The molecule has 0 heterocycles. The number of hydrogen-bond donors (Lipinski definition) is 2. The van der Waals surface area contributed by atoms with Crippen LogP contribution in [0.25, 0.3) is 0 Å². The molecule has 0 aliphatic carbocycles. The van der Waals surface area contributed by atoms with Crippen molar-refractivity contribution in [3.63, 3.8) is 0 Å². The lowest BCUT2D eigenvalue weighted by atomic mass is 10.0. The van der Waals surface area contributed by atoms with Gasteiger partial charge in [0.05, 0.1) is 12.6 Å². The van der Waals surface area contributed by atoms with E-state index < -0.39 is 0 Å². The quantitative estimate of drug-likeness (QED) is 0.198. The van der Waals surface area contributed by atoms with Crippen LogP contribution in [0.1, 0.15) is 30.5 Å². The maximum Gasteiger partial charge on any atom is 0.191 e. The first kappa shape index (κ1) is 27.1. The van der Waals surface area contributed by atoms with E-state index in [4.69, 9.17) is 9.73 Å². The number of aliphatic imine (C=N–C) groups is 1. The predicted octanol–water partition coefficient (Wildman–Crippen LogP) is 2.74. The molecule has 0 radical (unpaired) electrons. The maximum atomic E-state index is 5.11. The van der Waals surface area contributed by atoms with Crippen molar-refractivity contribution in [2.24, 2.45) is 4.99 Å². The molecular weight excluding hydrogens is 465 g/mol. The van der Waals surface area contributed by atoms with E-state index >= 15 is 0 Å². The normalized spacial score (nSPS) is 12.8. The number of hydrogen-bond acceptors (Lipinski definition) is 4. The fraction of sp³-hybridized carbons (Fsp3) is 0.667. The van der Waals surface area contributed by atoms with Gasteiger partial charge in [0.1, 0.15) is 0 Å². The van der Waals surface area contributed by atoms with E-state index in [0.717, 1.165) is 51.7 Å². The lowest BCUT2D eigenvalue weighted by molar-refractivity contribution is 0.180. The van der Waals surface area contributed by atoms with Crippen molar-refractivity contribution >= 4 is 29.9 Å². The van der Waals surface area contributed by atoms with Crippen LogP contribution in [0.15, 0.2) is 29.3 Å². The van der Waals surface area contributed by atoms with Gasteiger partial charge in [0.15, 0.2) is 5.96 Å². The highest BCUT2D eigenvalue weighted by molar-refractivity contribution is 14.0. The van der Waals surface area contributed by atoms with E-state index in [-0.39, 0.29) is 30.0 Å². The van der Waals surface area contributed by atoms with Gasteiger partial charge in [-0.3, -0.25) is 4.99 Å². The Morgan fingerprint density at radius 3 is 2.36 bits per heavy atom. The fourth-order valence-electron chi connectivity index (χ4n) is 2.83. The Kier molecular flexibility index (Phi) is 15.4. The lowest BCUT2D eigenvalue weighted by Crippen LogP contribution is -2.41. The Bertz CT molecular complexity index is 536. The molecule has 0 spiro atoms. The number of benzene rings is 1. The zero-order chi connectivity index (χ0) is 20.1. The number of methoxy groups -OCH3 is 1. The molecule has 1 rings (SSSR count). The van der Waals surface area contributed by atoms with Gasteiger partial charge in [0.25, 0.3) is 0 Å². The Morgan fingerprint density at radius 1 is 1.11 bits per heavy atom. The number of aryl methyl sites for hydroxylation is 1. The largest absolute Gasteiger partial charge is 0.385 e. The lowest BCUT2D eigenvalue weighted by Gasteiger charge is -2.24. The summed E-state index contributed by atoms with van der Waals surface area (Å²) in [7, 11) is 8.10. The van der Waals surface area contributed by atoms with E-state index in [1.54, 1.807) is 7.11 Å². The van der Waals surface area contributed by atoms with E-state index in [2.05, 4.69) is 79.7 Å². The molecule has 7 heteroatoms. The third-order valence-electron chi connectivity index (χ3n) is 4.53. The number of nitrogens with zero attached hydrogens (tertiary/aromatic N) is 3. The van der Waals surface area contributed by atoms with Gasteiger partial charge in [0, 0.05) is 39.9 Å². The zero-order valence-electron chi connectivity index (χ0n) is 18.5. The van der Waals surface area contributed by atoms with E-state index in [1.807, 2.05) is 0 Å². The molecule has 162 valence electrons. The number of ether oxygens (including phenoxy) is 1. The molecule has 0 bridgehead atoms. The molecule has 0 aliphatic heterocycles. The second kappa shape index (κ2) is 16.0. The van der Waals surface area contributed by atoms with Crippen molar-refractivity contribution in [3.8, 4) is 0 Å². The summed E-state index contributed by atoms with van der Waals surface area (Å²) in [5, 5.41) is 6.79. The van der Waals surface area contributed by atoms with Crippen LogP contribution in [-0.2, 0) is 4.74 Å². The first-order valence-electron chi connectivity index (χ1n) is 9.90. The van der Waals surface area contributed by atoms with Crippen LogP contribution < -0.4 is 10.6 Å². The summed E-state index contributed by atoms with van der Waals surface area (Å²) in [5.74, 6) is 0.877. The van der Waals surface area contributed by atoms with Gasteiger partial charge in [-0.05, 0) is 47.0 Å². The van der Waals surface area contributed by atoms with Crippen molar-refractivity contribution in [1.29, 1.82) is 0 Å². The van der Waals surface area contributed by atoms with Crippen LogP contribution in [0.3, 0.4) is 0 Å². The summed E-state index contributed by atoms with van der Waals surface area (Å²) in [6.07, 6.45) is 1.06. The van der Waals surface area contributed by atoms with Gasteiger partial charge in [-0.25, -0.2) is 0 Å². The molecule has 0 amide bonds. The molecule has 0 aliphatic rings. The van der Waals surface area contributed by atoms with Crippen molar-refractivity contribution in [2.75, 3.05) is 67.6 Å². The molecule has 2 N–H and O–H groups in total. The molecule has 28 heavy (non-hydrogen) atoms. The molecule has 0 fully saturated rings. The molecule has 1 unspecified atom stereocenters. The first-order valence-corrected chi connectivity index (χ1v) is 9.90. The molecule has 1 atom stereocenters. The average Bonchev–Trinajstić information content (AvgIpc) is 2.63. The highest BCUT2D eigenvalue weighted by Gasteiger charge is 2.13. The van der Waals surface area contributed by atoms with Gasteiger partial charge in [-0.15, -0.1) is 24.0 Å². The fourth-order valence-corrected chi connectivity index (χ4v) is 2.83. The van der Waals surface area contributed by atoms with Gasteiger partial charge in [-0.2, -0.15) is 0 Å². The van der Waals surface area contributed by atoms with Gasteiger partial charge in [0.2, 0.25) is 0 Å². The second-order valence-electron chi connectivity index (χ2n) is 7.19. The van der Waals surface area contributed by atoms with Gasteiger partial charge in [-0.1, -0.05) is 29.8 Å². The van der Waals surface area contributed by atoms with Crippen molar-refractivity contribution in [1.82, 2.24) is 20.4 Å². The van der Waals surface area contributed by atoms with Crippen molar-refractivity contribution in [3.05, 3.63) is 35.4 Å². The minimum atomic E-state index is 0. The minimum Gasteiger partial charge on any atom is -0.385 e. The minimum absolute atomic E-state index is 0. The van der Waals surface area contributed by atoms with Crippen LogP contribution in [0.4, 0.5) is 0 Å². The van der Waals surface area contributed by atoms with Crippen LogP contribution in [0.5, 0.6) is 0 Å². The van der Waals surface area contributed by atoms with E-state index in [9.17, 15) is 0 Å². The molecule has 0 saturated heterocycles. The summed E-state index contributed by atoms with van der Waals surface area (Å²) in [6, 6.07) is 8.99. The number of rotatable bonds is 12. The maximum absolute atomic E-state index is 5.11. The van der Waals surface area contributed by atoms with Crippen LogP contribution in [0.2, 0.25) is 0 Å². The SMILES string of the molecule is CCNC(=NCC(c1ccc(C)cc1)N(C)C)NCCN(C)CCCOC.I. The average molecular weight is 505 g/mol. The van der Waals surface area contributed by atoms with E-state index in [1.165, 1.54) is 11.1 Å². The zero-order valence-corrected chi connectivity index (χ0v) is 20.8. The van der Waals surface area contributed by atoms with Crippen molar-refractivity contribution < 1.29 is 4.74 Å². The summed E-state index contributed by atoms with van der Waals surface area (Å²) >= 11 is 0. The summed E-state index contributed by atoms with van der Waals surface area (Å²) in [6.45, 7) is 9.48. The third kappa shape index (κ3) is 11.2. The number of halogens is 1. The van der Waals surface area contributed by atoms with Gasteiger partial charge >= 0.3 is 0 Å². The Balaban J connectivity index is 0.00000729. The predicted molar refractivity (Wildman–Crippen MR) is 131 cm³/mol. The van der Waals surface area contributed by atoms with Crippen molar-refractivity contribution in [2.45, 2.75) is 26.3 Å². The first-order chi connectivity index (χ1) is 13.0. The van der Waals surface area contributed by atoms with Crippen LogP contribution in [-0.4, -0.2) is 83.3 Å². The summed E-state index contributed by atoms with van der Waals surface area (Å²) in [4.78, 5) is 9.35. The highest BCUT2D eigenvalue weighted by atomic mass is 127. The Labute approximate surface area is 189 Å². The molecule has 6 nitrogen and oxygen atoms in total. The molecular formula is C21H40IN5O. The number of likely N-dealkylation sites (N-methyl/N-ethyl adjacent to an activating group) is 2. The molecule has 0 saturated carbocycles. The third-order valence-corrected chi connectivity index (χ3v) is 4.53. The summed E-state index contributed by atoms with van der Waals surface area (Å²) < 4.78 is 5.11. The number of guanidine groups is 1. The highest BCUT2D eigenvalue weighted by Crippen LogP contribution is 2.19. The standard InChI is InChI=1S/C21H39N5O.HI/c1-7-22-21(23-13-15-26(5)14-8-16-27-6)24-17-20(25(3)4)19-11-9-18(2)10-12-19;/h9-12,20H,7-8,13-17H2,1-6H3,(H2,22,23,24);1H. The molecule has 1 aromatic carbocycles. The van der Waals surface area contributed by atoms with Crippen LogP contribution in [0, 0.1) is 6.92 Å². The topological polar surface area (TPSA) is 52.1 Å². The monoisotopic (exact) mass is 505 g/mol. The van der Waals surface area contributed by atoms with Gasteiger partial charge < -0.3 is 25.2 Å². The number of nitrogens with one attached hydrogen (secondary N) is 2. The Hall–Kier alpha value is -0.900. The Morgan fingerprint density at radius 2 is 1.79 bits per heavy atom. The molecule has 1 aromatic rings.